The van der Waals surface area contributed by atoms with Gasteiger partial charge in [-0.1, -0.05) is 38.1 Å². The summed E-state index contributed by atoms with van der Waals surface area (Å²) in [5, 5.41) is 0. The first-order chi connectivity index (χ1) is 7.27. The zero-order valence-electron chi connectivity index (χ0n) is 9.82. The van der Waals surface area contributed by atoms with Crippen LogP contribution in [-0.2, 0) is 16.1 Å². The Bertz CT molecular complexity index is 266. The Balaban J connectivity index is 2.49. The molecular weight excluding hydrogens is 188 g/mol. The normalized spacial score (nSPS) is 12.7. The molecule has 1 aromatic rings. The lowest BCUT2D eigenvalue weighted by molar-refractivity contribution is -0.0390. The van der Waals surface area contributed by atoms with E-state index in [1.807, 2.05) is 0 Å². The van der Waals surface area contributed by atoms with Crippen LogP contribution < -0.4 is 0 Å². The van der Waals surface area contributed by atoms with Gasteiger partial charge in [-0.05, 0) is 23.5 Å². The summed E-state index contributed by atoms with van der Waals surface area (Å²) in [6.45, 7) is 5.43. The van der Waals surface area contributed by atoms with E-state index in [2.05, 4.69) is 38.1 Å². The highest BCUT2D eigenvalue weighted by molar-refractivity contribution is 5.24. The van der Waals surface area contributed by atoms with E-state index >= 15 is 0 Å². The molecule has 0 aliphatic heterocycles. The van der Waals surface area contributed by atoms with Gasteiger partial charge in [0.25, 0.3) is 0 Å². The molecule has 2 nitrogen and oxygen atoms in total. The van der Waals surface area contributed by atoms with E-state index in [1.165, 1.54) is 17.5 Å². The summed E-state index contributed by atoms with van der Waals surface area (Å²) in [7, 11) is 1.63. The van der Waals surface area contributed by atoms with Crippen molar-refractivity contribution < 1.29 is 9.47 Å². The molecular formula is C13H20O2. The third kappa shape index (κ3) is 4.02. The Kier molecular flexibility index (Phi) is 5.37. The molecule has 0 aromatic heterocycles. The molecule has 0 N–H and O–H groups in total. The summed E-state index contributed by atoms with van der Waals surface area (Å²) in [4.78, 5) is 0. The SMILES string of the molecule is CCC(C)c1ccc(COCOC)cc1. The highest BCUT2D eigenvalue weighted by Gasteiger charge is 2.02. The van der Waals surface area contributed by atoms with E-state index in [0.29, 0.717) is 19.3 Å². The molecule has 1 atom stereocenters. The average Bonchev–Trinajstić information content (AvgIpc) is 2.29. The van der Waals surface area contributed by atoms with E-state index in [1.54, 1.807) is 7.11 Å². The van der Waals surface area contributed by atoms with Crippen molar-refractivity contribution in [1.29, 1.82) is 0 Å². The second-order valence-electron chi connectivity index (χ2n) is 3.81. The average molecular weight is 208 g/mol. The van der Waals surface area contributed by atoms with Gasteiger partial charge < -0.3 is 9.47 Å². The number of rotatable bonds is 6. The predicted molar refractivity (Wildman–Crippen MR) is 61.8 cm³/mol. The number of methoxy groups -OCH3 is 1. The maximum atomic E-state index is 5.27. The first-order valence-corrected chi connectivity index (χ1v) is 5.43. The summed E-state index contributed by atoms with van der Waals surface area (Å²) in [6, 6.07) is 8.60. The van der Waals surface area contributed by atoms with Crippen molar-refractivity contribution in [3.63, 3.8) is 0 Å². The van der Waals surface area contributed by atoms with Gasteiger partial charge in [-0.2, -0.15) is 0 Å². The van der Waals surface area contributed by atoms with Crippen LogP contribution in [0.2, 0.25) is 0 Å². The predicted octanol–water partition coefficient (Wildman–Crippen LogP) is 3.32. The number of hydrogen-bond donors (Lipinski definition) is 0. The first kappa shape index (κ1) is 12.2. The van der Waals surface area contributed by atoms with Crippen LogP contribution in [0.15, 0.2) is 24.3 Å². The third-order valence-electron chi connectivity index (χ3n) is 2.63. The fourth-order valence-corrected chi connectivity index (χ4v) is 1.42. The van der Waals surface area contributed by atoms with Crippen LogP contribution in [0.1, 0.15) is 37.3 Å². The summed E-state index contributed by atoms with van der Waals surface area (Å²) in [6.07, 6.45) is 1.18. The molecule has 0 bridgehead atoms. The lowest BCUT2D eigenvalue weighted by Gasteiger charge is -2.09. The van der Waals surface area contributed by atoms with Crippen LogP contribution in [0.5, 0.6) is 0 Å². The largest absolute Gasteiger partial charge is 0.359 e. The second kappa shape index (κ2) is 6.59. The summed E-state index contributed by atoms with van der Waals surface area (Å²) < 4.78 is 10.1. The molecule has 0 aliphatic rings. The minimum atomic E-state index is 0.354. The highest BCUT2D eigenvalue weighted by Crippen LogP contribution is 2.18. The van der Waals surface area contributed by atoms with Gasteiger partial charge in [-0.25, -0.2) is 0 Å². The molecule has 1 rings (SSSR count). The van der Waals surface area contributed by atoms with Crippen molar-refractivity contribution in [1.82, 2.24) is 0 Å². The standard InChI is InChI=1S/C13H20O2/c1-4-11(2)13-7-5-12(6-8-13)9-15-10-14-3/h5-8,11H,4,9-10H2,1-3H3. The maximum absolute atomic E-state index is 5.27. The van der Waals surface area contributed by atoms with Gasteiger partial charge in [0, 0.05) is 7.11 Å². The molecule has 1 aromatic carbocycles. The van der Waals surface area contributed by atoms with Gasteiger partial charge in [0.1, 0.15) is 6.79 Å². The Morgan fingerprint density at radius 3 is 2.40 bits per heavy atom. The molecule has 0 saturated carbocycles. The summed E-state index contributed by atoms with van der Waals surface area (Å²) in [5.74, 6) is 0.638. The van der Waals surface area contributed by atoms with Gasteiger partial charge in [-0.3, -0.25) is 0 Å². The van der Waals surface area contributed by atoms with Gasteiger partial charge in [-0.15, -0.1) is 0 Å². The zero-order chi connectivity index (χ0) is 11.1. The number of ether oxygens (including phenoxy) is 2. The van der Waals surface area contributed by atoms with Gasteiger partial charge >= 0.3 is 0 Å². The highest BCUT2D eigenvalue weighted by atomic mass is 16.7. The fourth-order valence-electron chi connectivity index (χ4n) is 1.42. The van der Waals surface area contributed by atoms with Crippen molar-refractivity contribution in [2.24, 2.45) is 0 Å². The molecule has 2 heteroatoms. The van der Waals surface area contributed by atoms with Crippen LogP contribution >= 0.6 is 0 Å². The first-order valence-electron chi connectivity index (χ1n) is 5.43. The quantitative estimate of drug-likeness (QED) is 0.527. The minimum absolute atomic E-state index is 0.354. The molecule has 0 aliphatic carbocycles. The lowest BCUT2D eigenvalue weighted by Crippen LogP contribution is -1.97. The maximum Gasteiger partial charge on any atom is 0.146 e. The lowest BCUT2D eigenvalue weighted by atomic mass is 9.98. The van der Waals surface area contributed by atoms with Crippen molar-refractivity contribution in [2.45, 2.75) is 32.8 Å². The monoisotopic (exact) mass is 208 g/mol. The molecule has 0 radical (unpaired) electrons. The summed E-state index contributed by atoms with van der Waals surface area (Å²) in [5.41, 5.74) is 2.59. The van der Waals surface area contributed by atoms with E-state index in [9.17, 15) is 0 Å². The van der Waals surface area contributed by atoms with Crippen molar-refractivity contribution in [3.8, 4) is 0 Å². The molecule has 15 heavy (non-hydrogen) atoms. The Morgan fingerprint density at radius 2 is 1.87 bits per heavy atom. The van der Waals surface area contributed by atoms with Crippen LogP contribution in [0.3, 0.4) is 0 Å². The topological polar surface area (TPSA) is 18.5 Å². The van der Waals surface area contributed by atoms with Crippen LogP contribution in [0.4, 0.5) is 0 Å². The van der Waals surface area contributed by atoms with Crippen molar-refractivity contribution in [3.05, 3.63) is 35.4 Å². The van der Waals surface area contributed by atoms with E-state index in [-0.39, 0.29) is 0 Å². The van der Waals surface area contributed by atoms with E-state index < -0.39 is 0 Å². The molecule has 0 heterocycles. The third-order valence-corrected chi connectivity index (χ3v) is 2.63. The Morgan fingerprint density at radius 1 is 1.20 bits per heavy atom. The number of hydrogen-bond acceptors (Lipinski definition) is 2. The zero-order valence-corrected chi connectivity index (χ0v) is 9.82. The van der Waals surface area contributed by atoms with Crippen LogP contribution in [0.25, 0.3) is 0 Å². The molecule has 0 saturated heterocycles. The van der Waals surface area contributed by atoms with Gasteiger partial charge in [0.15, 0.2) is 0 Å². The Labute approximate surface area is 92.2 Å². The summed E-state index contributed by atoms with van der Waals surface area (Å²) >= 11 is 0. The molecule has 1 unspecified atom stereocenters. The van der Waals surface area contributed by atoms with E-state index in [4.69, 9.17) is 9.47 Å². The fraction of sp³-hybridized carbons (Fsp3) is 0.538. The second-order valence-corrected chi connectivity index (χ2v) is 3.81. The van der Waals surface area contributed by atoms with Crippen LogP contribution in [-0.4, -0.2) is 13.9 Å². The smallest absolute Gasteiger partial charge is 0.146 e. The molecule has 0 fully saturated rings. The van der Waals surface area contributed by atoms with Crippen molar-refractivity contribution >= 4 is 0 Å². The van der Waals surface area contributed by atoms with Gasteiger partial charge in [0.2, 0.25) is 0 Å². The van der Waals surface area contributed by atoms with Crippen molar-refractivity contribution in [2.75, 3.05) is 13.9 Å². The van der Waals surface area contributed by atoms with E-state index in [0.717, 1.165) is 0 Å². The van der Waals surface area contributed by atoms with Crippen LogP contribution in [0, 0.1) is 0 Å². The Hall–Kier alpha value is -0.860. The van der Waals surface area contributed by atoms with Gasteiger partial charge in [0.05, 0.1) is 6.61 Å². The molecule has 0 spiro atoms. The molecule has 0 amide bonds. The minimum Gasteiger partial charge on any atom is -0.359 e. The number of benzene rings is 1. The molecule has 84 valence electrons.